The van der Waals surface area contributed by atoms with E-state index in [-0.39, 0.29) is 5.75 Å². The predicted octanol–water partition coefficient (Wildman–Crippen LogP) is 4.22. The average Bonchev–Trinajstić information content (AvgIpc) is 2.13. The van der Waals surface area contributed by atoms with Crippen LogP contribution in [-0.4, -0.2) is 0 Å². The number of rotatable bonds is 0. The molecule has 0 atom stereocenters. The molecule has 0 spiro atoms. The zero-order valence-electron chi connectivity index (χ0n) is 9.64. The maximum atomic E-state index is 11.9. The maximum Gasteiger partial charge on any atom is 0.186 e. The lowest BCUT2D eigenvalue weighted by Crippen LogP contribution is -1.89. The lowest BCUT2D eigenvalue weighted by atomic mass is 9.95. The van der Waals surface area contributed by atoms with Crippen LogP contribution in [0.2, 0.25) is 0 Å². The Labute approximate surface area is 90.4 Å². The molecule has 0 bridgehead atoms. The summed E-state index contributed by atoms with van der Waals surface area (Å²) in [5.41, 5.74) is 4.66. The lowest BCUT2D eigenvalue weighted by Gasteiger charge is -2.10. The van der Waals surface area contributed by atoms with E-state index in [0.717, 1.165) is 21.9 Å². The van der Waals surface area contributed by atoms with E-state index in [2.05, 4.69) is 19.9 Å². The van der Waals surface area contributed by atoms with Gasteiger partial charge in [0.15, 0.2) is 5.75 Å². The largest absolute Gasteiger partial charge is 0.289 e. The van der Waals surface area contributed by atoms with Crippen LogP contribution in [0.15, 0.2) is 18.2 Å². The highest BCUT2D eigenvalue weighted by Crippen LogP contribution is 2.33. The van der Waals surface area contributed by atoms with Crippen molar-refractivity contribution in [1.82, 2.24) is 0 Å². The van der Waals surface area contributed by atoms with E-state index < -0.39 is 0 Å². The van der Waals surface area contributed by atoms with Crippen LogP contribution in [0.5, 0.6) is 5.75 Å². The first kappa shape index (κ1) is 10.0. The minimum atomic E-state index is 0.139. The Kier molecular flexibility index (Phi) is 2.18. The third-order valence-electron chi connectivity index (χ3n) is 3.06. The van der Waals surface area contributed by atoms with Gasteiger partial charge in [-0.25, -0.2) is 0 Å². The third kappa shape index (κ3) is 1.48. The van der Waals surface area contributed by atoms with Gasteiger partial charge in [-0.1, -0.05) is 11.6 Å². The van der Waals surface area contributed by atoms with E-state index in [1.165, 1.54) is 11.1 Å². The van der Waals surface area contributed by atoms with Gasteiger partial charge in [-0.2, -0.15) is 0 Å². The summed E-state index contributed by atoms with van der Waals surface area (Å²) in [7, 11) is 0. The molecule has 0 saturated heterocycles. The van der Waals surface area contributed by atoms with E-state index in [1.807, 2.05) is 19.9 Å². The molecule has 77 valence electrons. The standard InChI is InChI=1S/C14H15O/c1-8-5-10(3)14-11(4)9(2)7-13(15)12(14)6-8/h5-7H,1-4H3. The molecule has 0 fully saturated rings. The van der Waals surface area contributed by atoms with Gasteiger partial charge in [0.25, 0.3) is 0 Å². The SMILES string of the molecule is Cc1cc(C)c2c(C)c(C)cc([O])c2c1. The van der Waals surface area contributed by atoms with E-state index in [1.54, 1.807) is 6.07 Å². The normalized spacial score (nSPS) is 10.9. The minimum Gasteiger partial charge on any atom is -0.289 e. The van der Waals surface area contributed by atoms with Crippen LogP contribution in [0.4, 0.5) is 0 Å². The zero-order chi connectivity index (χ0) is 11.2. The van der Waals surface area contributed by atoms with Crippen molar-refractivity contribution in [2.75, 3.05) is 0 Å². The topological polar surface area (TPSA) is 19.9 Å². The van der Waals surface area contributed by atoms with Crippen molar-refractivity contribution < 1.29 is 5.11 Å². The molecule has 2 aromatic rings. The van der Waals surface area contributed by atoms with Crippen LogP contribution >= 0.6 is 0 Å². The molecule has 0 aliphatic carbocycles. The molecule has 2 aromatic carbocycles. The number of fused-ring (bicyclic) bond motifs is 1. The molecule has 1 radical (unpaired) electrons. The fraction of sp³-hybridized carbons (Fsp3) is 0.286. The molecular weight excluding hydrogens is 184 g/mol. The molecule has 0 heterocycles. The van der Waals surface area contributed by atoms with Crippen molar-refractivity contribution in [3.8, 4) is 5.75 Å². The Hall–Kier alpha value is -1.50. The average molecular weight is 199 g/mol. The van der Waals surface area contributed by atoms with Crippen LogP contribution in [0, 0.1) is 27.7 Å². The molecule has 0 aliphatic rings. The van der Waals surface area contributed by atoms with Gasteiger partial charge in [0.1, 0.15) is 0 Å². The van der Waals surface area contributed by atoms with Gasteiger partial charge in [-0.05, 0) is 61.9 Å². The Balaban J connectivity index is 3.03. The molecule has 0 saturated carbocycles. The van der Waals surface area contributed by atoms with Gasteiger partial charge in [-0.3, -0.25) is 5.11 Å². The molecule has 0 N–H and O–H groups in total. The Morgan fingerprint density at radius 3 is 2.20 bits per heavy atom. The molecule has 0 unspecified atom stereocenters. The summed E-state index contributed by atoms with van der Waals surface area (Å²) in [6, 6.07) is 5.85. The fourth-order valence-electron chi connectivity index (χ4n) is 2.24. The summed E-state index contributed by atoms with van der Waals surface area (Å²) in [6.07, 6.45) is 0. The fourth-order valence-corrected chi connectivity index (χ4v) is 2.24. The van der Waals surface area contributed by atoms with Crippen molar-refractivity contribution >= 4 is 10.8 Å². The highest BCUT2D eigenvalue weighted by molar-refractivity contribution is 5.94. The van der Waals surface area contributed by atoms with Crippen LogP contribution in [0.3, 0.4) is 0 Å². The molecule has 1 nitrogen and oxygen atoms in total. The van der Waals surface area contributed by atoms with Crippen LogP contribution < -0.4 is 0 Å². The third-order valence-corrected chi connectivity index (χ3v) is 3.06. The second kappa shape index (κ2) is 3.27. The van der Waals surface area contributed by atoms with Gasteiger partial charge in [0.05, 0.1) is 0 Å². The molecule has 0 amide bonds. The second-order valence-corrected chi connectivity index (χ2v) is 4.32. The van der Waals surface area contributed by atoms with Crippen LogP contribution in [0.1, 0.15) is 22.3 Å². The van der Waals surface area contributed by atoms with Crippen molar-refractivity contribution in [3.63, 3.8) is 0 Å². The van der Waals surface area contributed by atoms with Crippen molar-refractivity contribution in [3.05, 3.63) is 40.5 Å². The van der Waals surface area contributed by atoms with Gasteiger partial charge >= 0.3 is 0 Å². The summed E-state index contributed by atoms with van der Waals surface area (Å²) >= 11 is 0. The monoisotopic (exact) mass is 199 g/mol. The minimum absolute atomic E-state index is 0.139. The maximum absolute atomic E-state index is 11.9. The van der Waals surface area contributed by atoms with E-state index in [9.17, 15) is 5.11 Å². The van der Waals surface area contributed by atoms with Gasteiger partial charge < -0.3 is 0 Å². The molecule has 0 aliphatic heterocycles. The van der Waals surface area contributed by atoms with Crippen molar-refractivity contribution in [2.24, 2.45) is 0 Å². The van der Waals surface area contributed by atoms with Crippen LogP contribution in [0.25, 0.3) is 10.8 Å². The van der Waals surface area contributed by atoms with Crippen molar-refractivity contribution in [1.29, 1.82) is 0 Å². The number of benzene rings is 2. The highest BCUT2D eigenvalue weighted by atomic mass is 16.3. The summed E-state index contributed by atoms with van der Waals surface area (Å²) < 4.78 is 0. The van der Waals surface area contributed by atoms with Crippen molar-refractivity contribution in [2.45, 2.75) is 27.7 Å². The number of aryl methyl sites for hydroxylation is 4. The molecule has 1 heteroatoms. The van der Waals surface area contributed by atoms with Gasteiger partial charge in [0, 0.05) is 5.39 Å². The quantitative estimate of drug-likeness (QED) is 0.605. The van der Waals surface area contributed by atoms with E-state index in [0.29, 0.717) is 0 Å². The van der Waals surface area contributed by atoms with Gasteiger partial charge in [0.2, 0.25) is 0 Å². The summed E-state index contributed by atoms with van der Waals surface area (Å²) in [4.78, 5) is 0. The Morgan fingerprint density at radius 1 is 0.867 bits per heavy atom. The summed E-state index contributed by atoms with van der Waals surface area (Å²) in [5.74, 6) is 0.139. The molecule has 2 rings (SSSR count). The van der Waals surface area contributed by atoms with E-state index >= 15 is 0 Å². The molecule has 15 heavy (non-hydrogen) atoms. The number of hydrogen-bond donors (Lipinski definition) is 0. The highest BCUT2D eigenvalue weighted by Gasteiger charge is 2.09. The smallest absolute Gasteiger partial charge is 0.186 e. The first-order chi connectivity index (χ1) is 7.00. The summed E-state index contributed by atoms with van der Waals surface area (Å²) in [5, 5.41) is 13.8. The first-order valence-corrected chi connectivity index (χ1v) is 5.19. The Bertz CT molecular complexity index is 539. The second-order valence-electron chi connectivity index (χ2n) is 4.32. The van der Waals surface area contributed by atoms with E-state index in [4.69, 9.17) is 0 Å². The summed E-state index contributed by atoms with van der Waals surface area (Å²) in [6.45, 7) is 8.18. The zero-order valence-corrected chi connectivity index (χ0v) is 9.64. The Morgan fingerprint density at radius 2 is 1.53 bits per heavy atom. The number of hydrogen-bond acceptors (Lipinski definition) is 0. The molecule has 0 aromatic heterocycles. The predicted molar refractivity (Wildman–Crippen MR) is 63.0 cm³/mol. The lowest BCUT2D eigenvalue weighted by molar-refractivity contribution is 0.360. The first-order valence-electron chi connectivity index (χ1n) is 5.19. The van der Waals surface area contributed by atoms with Gasteiger partial charge in [-0.15, -0.1) is 0 Å². The van der Waals surface area contributed by atoms with Crippen LogP contribution in [-0.2, 0) is 5.11 Å². The molecular formula is C14H15O.